The molecule has 2 aromatic carbocycles. The normalized spacial score (nSPS) is 23.5. The maximum absolute atomic E-state index is 11.8. The first kappa shape index (κ1) is 20.5. The van der Waals surface area contributed by atoms with Crippen molar-refractivity contribution in [3.63, 3.8) is 0 Å². The van der Waals surface area contributed by atoms with Gasteiger partial charge in [-0.25, -0.2) is 0 Å². The Hall–Kier alpha value is -2.21. The summed E-state index contributed by atoms with van der Waals surface area (Å²) >= 11 is 0. The number of hydrogen-bond donors (Lipinski definition) is 3. The third-order valence-electron chi connectivity index (χ3n) is 5.97. The third-order valence-corrected chi connectivity index (χ3v) is 5.97. The van der Waals surface area contributed by atoms with Crippen molar-refractivity contribution in [2.75, 3.05) is 33.7 Å². The van der Waals surface area contributed by atoms with Gasteiger partial charge in [0.05, 0.1) is 6.10 Å². The summed E-state index contributed by atoms with van der Waals surface area (Å²) in [6, 6.07) is 17.5. The standard InChI is InChI=1S/C23H31N3O2/c1-26(2)16-20-15-25-12-11-23(20,14-21(27)17-7-4-3-5-8-17)19-10-6-9-18(13-19)22(24)28/h3-10,13,20-21,25,27H,11-12,14-16H2,1-2H3,(H2,24,28)/t20?,21-,23?/m0/s1. The number of nitrogens with one attached hydrogen (secondary N) is 1. The zero-order valence-corrected chi connectivity index (χ0v) is 16.8. The largest absolute Gasteiger partial charge is 0.388 e. The lowest BCUT2D eigenvalue weighted by Gasteiger charge is -2.47. The van der Waals surface area contributed by atoms with Gasteiger partial charge in [0.15, 0.2) is 0 Å². The lowest BCUT2D eigenvalue weighted by atomic mass is 9.62. The molecule has 0 bridgehead atoms. The molecule has 5 heteroatoms. The van der Waals surface area contributed by atoms with Gasteiger partial charge in [-0.3, -0.25) is 4.79 Å². The van der Waals surface area contributed by atoms with Crippen molar-refractivity contribution in [1.29, 1.82) is 0 Å². The van der Waals surface area contributed by atoms with Crippen molar-refractivity contribution in [3.8, 4) is 0 Å². The monoisotopic (exact) mass is 381 g/mol. The summed E-state index contributed by atoms with van der Waals surface area (Å²) in [5.41, 5.74) is 7.85. The Morgan fingerprint density at radius 3 is 2.68 bits per heavy atom. The molecule has 3 rings (SSSR count). The number of amides is 1. The van der Waals surface area contributed by atoms with E-state index < -0.39 is 12.0 Å². The highest BCUT2D eigenvalue weighted by Crippen LogP contribution is 2.45. The van der Waals surface area contributed by atoms with Gasteiger partial charge in [0, 0.05) is 24.1 Å². The van der Waals surface area contributed by atoms with Crippen LogP contribution in [0, 0.1) is 5.92 Å². The predicted molar refractivity (Wildman–Crippen MR) is 112 cm³/mol. The highest BCUT2D eigenvalue weighted by molar-refractivity contribution is 5.93. The first-order valence-corrected chi connectivity index (χ1v) is 9.91. The SMILES string of the molecule is CN(C)CC1CNCCC1(C[C@H](O)c1ccccc1)c1cccc(C(N)=O)c1. The third kappa shape index (κ3) is 4.43. The van der Waals surface area contributed by atoms with E-state index >= 15 is 0 Å². The summed E-state index contributed by atoms with van der Waals surface area (Å²) in [5, 5.41) is 14.6. The van der Waals surface area contributed by atoms with Gasteiger partial charge in [-0.05, 0) is 62.7 Å². The molecule has 0 aliphatic carbocycles. The van der Waals surface area contributed by atoms with Crippen LogP contribution in [0.15, 0.2) is 54.6 Å². The lowest BCUT2D eigenvalue weighted by molar-refractivity contribution is 0.0734. The Kier molecular flexibility index (Phi) is 6.50. The molecule has 28 heavy (non-hydrogen) atoms. The van der Waals surface area contributed by atoms with Gasteiger partial charge in [0.25, 0.3) is 0 Å². The van der Waals surface area contributed by atoms with Gasteiger partial charge in [0.2, 0.25) is 5.91 Å². The number of carbonyl (C=O) groups excluding carboxylic acids is 1. The second kappa shape index (κ2) is 8.86. The van der Waals surface area contributed by atoms with E-state index in [2.05, 4.69) is 30.4 Å². The van der Waals surface area contributed by atoms with E-state index in [-0.39, 0.29) is 5.41 Å². The number of nitrogens with zero attached hydrogens (tertiary/aromatic N) is 1. The molecule has 1 amide bonds. The first-order chi connectivity index (χ1) is 13.4. The van der Waals surface area contributed by atoms with E-state index in [1.54, 1.807) is 6.07 Å². The first-order valence-electron chi connectivity index (χ1n) is 9.91. The van der Waals surface area contributed by atoms with E-state index in [1.807, 2.05) is 42.5 Å². The smallest absolute Gasteiger partial charge is 0.248 e. The molecule has 1 aliphatic rings. The number of aliphatic hydroxyl groups excluding tert-OH is 1. The van der Waals surface area contributed by atoms with Crippen LogP contribution in [-0.4, -0.2) is 49.6 Å². The molecule has 5 nitrogen and oxygen atoms in total. The van der Waals surface area contributed by atoms with Crippen LogP contribution in [0.4, 0.5) is 0 Å². The molecule has 1 heterocycles. The van der Waals surface area contributed by atoms with Gasteiger partial charge in [-0.1, -0.05) is 42.5 Å². The second-order valence-electron chi connectivity index (χ2n) is 8.15. The Bertz CT molecular complexity index is 793. The number of piperidine rings is 1. The fourth-order valence-electron chi connectivity index (χ4n) is 4.55. The van der Waals surface area contributed by atoms with Crippen molar-refractivity contribution in [2.24, 2.45) is 11.7 Å². The van der Waals surface area contributed by atoms with Crippen LogP contribution >= 0.6 is 0 Å². The molecular weight excluding hydrogens is 350 g/mol. The molecule has 3 atom stereocenters. The average molecular weight is 382 g/mol. The molecular formula is C23H31N3O2. The van der Waals surface area contributed by atoms with E-state index in [0.717, 1.165) is 37.2 Å². The number of rotatable bonds is 7. The molecule has 4 N–H and O–H groups in total. The molecule has 2 aromatic rings. The second-order valence-corrected chi connectivity index (χ2v) is 8.15. The van der Waals surface area contributed by atoms with E-state index in [0.29, 0.717) is 17.9 Å². The number of carbonyl (C=O) groups is 1. The summed E-state index contributed by atoms with van der Waals surface area (Å²) in [4.78, 5) is 14.0. The minimum Gasteiger partial charge on any atom is -0.388 e. The number of nitrogens with two attached hydrogens (primary N) is 1. The van der Waals surface area contributed by atoms with Crippen LogP contribution in [0.1, 0.15) is 40.4 Å². The fraction of sp³-hybridized carbons (Fsp3) is 0.435. The maximum Gasteiger partial charge on any atom is 0.248 e. The number of aliphatic hydroxyl groups is 1. The van der Waals surface area contributed by atoms with E-state index in [1.165, 1.54) is 0 Å². The summed E-state index contributed by atoms with van der Waals surface area (Å²) in [6.45, 7) is 2.65. The van der Waals surface area contributed by atoms with Crippen molar-refractivity contribution in [2.45, 2.75) is 24.4 Å². The predicted octanol–water partition coefficient (Wildman–Crippen LogP) is 2.32. The topological polar surface area (TPSA) is 78.6 Å². The van der Waals surface area contributed by atoms with Crippen LogP contribution in [0.3, 0.4) is 0 Å². The van der Waals surface area contributed by atoms with Gasteiger partial charge < -0.3 is 21.1 Å². The summed E-state index contributed by atoms with van der Waals surface area (Å²) in [6.07, 6.45) is 0.943. The van der Waals surface area contributed by atoms with Crippen LogP contribution < -0.4 is 11.1 Å². The molecule has 0 saturated carbocycles. The fourth-order valence-corrected chi connectivity index (χ4v) is 4.55. The highest BCUT2D eigenvalue weighted by atomic mass is 16.3. The van der Waals surface area contributed by atoms with Crippen molar-refractivity contribution in [1.82, 2.24) is 10.2 Å². The lowest BCUT2D eigenvalue weighted by Crippen LogP contribution is -2.52. The quantitative estimate of drug-likeness (QED) is 0.688. The van der Waals surface area contributed by atoms with Crippen molar-refractivity contribution >= 4 is 5.91 Å². The van der Waals surface area contributed by atoms with E-state index in [9.17, 15) is 9.90 Å². The molecule has 0 radical (unpaired) electrons. The molecule has 0 aromatic heterocycles. The van der Waals surface area contributed by atoms with Crippen LogP contribution in [0.5, 0.6) is 0 Å². The van der Waals surface area contributed by atoms with Crippen molar-refractivity contribution in [3.05, 3.63) is 71.3 Å². The summed E-state index contributed by atoms with van der Waals surface area (Å²) in [7, 11) is 4.15. The van der Waals surface area contributed by atoms with Gasteiger partial charge >= 0.3 is 0 Å². The van der Waals surface area contributed by atoms with Crippen LogP contribution in [0.25, 0.3) is 0 Å². The van der Waals surface area contributed by atoms with Crippen LogP contribution in [-0.2, 0) is 5.41 Å². The summed E-state index contributed by atoms with van der Waals surface area (Å²) in [5.74, 6) is -0.114. The van der Waals surface area contributed by atoms with Gasteiger partial charge in [0.1, 0.15) is 0 Å². The zero-order chi connectivity index (χ0) is 20.1. The number of hydrogen-bond acceptors (Lipinski definition) is 4. The van der Waals surface area contributed by atoms with Crippen molar-refractivity contribution < 1.29 is 9.90 Å². The minimum atomic E-state index is -0.568. The molecule has 2 unspecified atom stereocenters. The van der Waals surface area contributed by atoms with Crippen LogP contribution in [0.2, 0.25) is 0 Å². The molecule has 1 aliphatic heterocycles. The number of primary amides is 1. The number of benzene rings is 2. The van der Waals surface area contributed by atoms with Gasteiger partial charge in [-0.2, -0.15) is 0 Å². The minimum absolute atomic E-state index is 0.240. The Morgan fingerprint density at radius 1 is 1.25 bits per heavy atom. The maximum atomic E-state index is 11.8. The zero-order valence-electron chi connectivity index (χ0n) is 16.8. The Balaban J connectivity index is 2.04. The molecule has 150 valence electrons. The molecule has 1 saturated heterocycles. The Labute approximate surface area is 167 Å². The molecule has 0 spiro atoms. The highest BCUT2D eigenvalue weighted by Gasteiger charge is 2.44. The summed E-state index contributed by atoms with van der Waals surface area (Å²) < 4.78 is 0. The van der Waals surface area contributed by atoms with Gasteiger partial charge in [-0.15, -0.1) is 0 Å². The average Bonchev–Trinajstić information content (AvgIpc) is 2.70. The Morgan fingerprint density at radius 2 is 2.00 bits per heavy atom. The molecule has 1 fully saturated rings. The van der Waals surface area contributed by atoms with E-state index in [4.69, 9.17) is 5.73 Å².